The highest BCUT2D eigenvalue weighted by molar-refractivity contribution is 7.10. The maximum Gasteiger partial charge on any atom is 0.0598 e. The van der Waals surface area contributed by atoms with E-state index in [9.17, 15) is 0 Å². The Kier molecular flexibility index (Phi) is 3.99. The third-order valence-corrected chi connectivity index (χ3v) is 4.29. The summed E-state index contributed by atoms with van der Waals surface area (Å²) < 4.78 is 5.34. The van der Waals surface area contributed by atoms with Crippen LogP contribution in [0.5, 0.6) is 0 Å². The van der Waals surface area contributed by atoms with Gasteiger partial charge in [0.05, 0.1) is 11.1 Å². The lowest BCUT2D eigenvalue weighted by Gasteiger charge is -2.29. The summed E-state index contributed by atoms with van der Waals surface area (Å²) in [6.07, 6.45) is 2.09. The minimum absolute atomic E-state index is 0.168. The van der Waals surface area contributed by atoms with Crippen molar-refractivity contribution >= 4 is 22.9 Å². The van der Waals surface area contributed by atoms with Crippen LogP contribution in [-0.4, -0.2) is 13.2 Å². The molecule has 5 heteroatoms. The van der Waals surface area contributed by atoms with E-state index in [1.807, 2.05) is 11.4 Å². The highest BCUT2D eigenvalue weighted by atomic mass is 35.5. The van der Waals surface area contributed by atoms with Crippen LogP contribution in [0.2, 0.25) is 5.02 Å². The molecule has 2 rings (SSSR count). The fourth-order valence-electron chi connectivity index (χ4n) is 2.00. The molecule has 0 radical (unpaired) electrons. The second-order valence-corrected chi connectivity index (χ2v) is 5.08. The first kappa shape index (κ1) is 11.4. The number of hydrogen-bond acceptors (Lipinski definition) is 4. The van der Waals surface area contributed by atoms with Crippen molar-refractivity contribution < 1.29 is 4.74 Å². The van der Waals surface area contributed by atoms with Crippen LogP contribution in [0.3, 0.4) is 0 Å². The zero-order valence-corrected chi connectivity index (χ0v) is 9.98. The fraction of sp³-hybridized carbons (Fsp3) is 0.600. The second kappa shape index (κ2) is 5.27. The van der Waals surface area contributed by atoms with Crippen molar-refractivity contribution in [3.8, 4) is 0 Å². The van der Waals surface area contributed by atoms with E-state index < -0.39 is 0 Å². The number of thiophene rings is 1. The molecular formula is C10H15ClN2OS. The molecule has 1 aromatic heterocycles. The van der Waals surface area contributed by atoms with Gasteiger partial charge in [0.25, 0.3) is 0 Å². The molecule has 3 nitrogen and oxygen atoms in total. The maximum atomic E-state index is 6.12. The first-order valence-electron chi connectivity index (χ1n) is 5.09. The van der Waals surface area contributed by atoms with Crippen molar-refractivity contribution in [3.05, 3.63) is 21.3 Å². The van der Waals surface area contributed by atoms with Gasteiger partial charge >= 0.3 is 0 Å². The molecule has 1 unspecified atom stereocenters. The summed E-state index contributed by atoms with van der Waals surface area (Å²) in [6, 6.07) is 2.09. The van der Waals surface area contributed by atoms with Crippen LogP contribution >= 0.6 is 22.9 Å². The summed E-state index contributed by atoms with van der Waals surface area (Å²) in [6.45, 7) is 1.65. The van der Waals surface area contributed by atoms with Crippen LogP contribution < -0.4 is 11.3 Å². The first-order valence-corrected chi connectivity index (χ1v) is 6.35. The molecular weight excluding hydrogens is 232 g/mol. The third-order valence-electron chi connectivity index (χ3n) is 2.84. The average molecular weight is 247 g/mol. The van der Waals surface area contributed by atoms with E-state index in [1.54, 1.807) is 11.3 Å². The molecule has 0 saturated carbocycles. The van der Waals surface area contributed by atoms with E-state index in [-0.39, 0.29) is 6.04 Å². The summed E-state index contributed by atoms with van der Waals surface area (Å²) >= 11 is 7.78. The predicted molar refractivity (Wildman–Crippen MR) is 62.9 cm³/mol. The average Bonchev–Trinajstić information content (AvgIpc) is 2.68. The van der Waals surface area contributed by atoms with E-state index in [4.69, 9.17) is 22.2 Å². The topological polar surface area (TPSA) is 47.3 Å². The smallest absolute Gasteiger partial charge is 0.0598 e. The zero-order chi connectivity index (χ0) is 10.7. The molecule has 1 aliphatic heterocycles. The minimum atomic E-state index is 0.168. The van der Waals surface area contributed by atoms with Crippen molar-refractivity contribution in [2.75, 3.05) is 13.2 Å². The standard InChI is InChI=1S/C10H15ClN2OS/c11-8-3-6-15-10(8)9(13-12)7-1-4-14-5-2-7/h3,6-7,9,13H,1-2,4-5,12H2. The Morgan fingerprint density at radius 3 is 2.80 bits per heavy atom. The Balaban J connectivity index is 2.12. The Bertz CT molecular complexity index is 312. The van der Waals surface area contributed by atoms with Gasteiger partial charge in [-0.25, -0.2) is 0 Å². The summed E-state index contributed by atoms with van der Waals surface area (Å²) in [5, 5.41) is 2.82. The molecule has 1 aromatic rings. The van der Waals surface area contributed by atoms with Crippen molar-refractivity contribution in [1.82, 2.24) is 5.43 Å². The van der Waals surface area contributed by atoms with Gasteiger partial charge in [-0.1, -0.05) is 11.6 Å². The highest BCUT2D eigenvalue weighted by Crippen LogP contribution is 2.36. The minimum Gasteiger partial charge on any atom is -0.381 e. The van der Waals surface area contributed by atoms with Crippen molar-refractivity contribution in [2.45, 2.75) is 18.9 Å². The molecule has 0 amide bonds. The molecule has 1 fully saturated rings. The highest BCUT2D eigenvalue weighted by Gasteiger charge is 2.26. The third kappa shape index (κ3) is 2.52. The normalized spacial score (nSPS) is 20.4. The van der Waals surface area contributed by atoms with E-state index in [1.165, 1.54) is 0 Å². The van der Waals surface area contributed by atoms with Gasteiger partial charge in [0.2, 0.25) is 0 Å². The summed E-state index contributed by atoms with van der Waals surface area (Å²) in [5.41, 5.74) is 2.89. The van der Waals surface area contributed by atoms with Gasteiger partial charge in [0, 0.05) is 18.1 Å². The largest absolute Gasteiger partial charge is 0.381 e. The molecule has 15 heavy (non-hydrogen) atoms. The van der Waals surface area contributed by atoms with E-state index in [0.717, 1.165) is 36.0 Å². The predicted octanol–water partition coefficient (Wildman–Crippen LogP) is 2.33. The van der Waals surface area contributed by atoms with E-state index >= 15 is 0 Å². The summed E-state index contributed by atoms with van der Waals surface area (Å²) in [7, 11) is 0. The van der Waals surface area contributed by atoms with E-state index in [0.29, 0.717) is 5.92 Å². The molecule has 3 N–H and O–H groups in total. The number of nitrogens with one attached hydrogen (secondary N) is 1. The lowest BCUT2D eigenvalue weighted by molar-refractivity contribution is 0.0541. The van der Waals surface area contributed by atoms with Crippen LogP contribution in [0.15, 0.2) is 11.4 Å². The molecule has 0 spiro atoms. The van der Waals surface area contributed by atoms with Gasteiger partial charge in [-0.3, -0.25) is 11.3 Å². The number of nitrogens with two attached hydrogens (primary N) is 1. The van der Waals surface area contributed by atoms with Gasteiger partial charge in [-0.05, 0) is 30.2 Å². The monoisotopic (exact) mass is 246 g/mol. The van der Waals surface area contributed by atoms with Gasteiger partial charge in [-0.15, -0.1) is 11.3 Å². The van der Waals surface area contributed by atoms with Crippen LogP contribution in [0, 0.1) is 5.92 Å². The first-order chi connectivity index (χ1) is 7.33. The van der Waals surface area contributed by atoms with Crippen molar-refractivity contribution in [1.29, 1.82) is 0 Å². The number of hydrogen-bond donors (Lipinski definition) is 2. The van der Waals surface area contributed by atoms with Gasteiger partial charge in [0.1, 0.15) is 0 Å². The Morgan fingerprint density at radius 1 is 1.53 bits per heavy atom. The molecule has 84 valence electrons. The molecule has 1 aliphatic rings. The molecule has 0 aliphatic carbocycles. The van der Waals surface area contributed by atoms with E-state index in [2.05, 4.69) is 5.43 Å². The molecule has 1 atom stereocenters. The van der Waals surface area contributed by atoms with Crippen LogP contribution in [0.1, 0.15) is 23.8 Å². The van der Waals surface area contributed by atoms with Gasteiger partial charge < -0.3 is 4.74 Å². The van der Waals surface area contributed by atoms with Crippen molar-refractivity contribution in [2.24, 2.45) is 11.8 Å². The number of ether oxygens (including phenoxy) is 1. The SMILES string of the molecule is NNC(c1sccc1Cl)C1CCOCC1. The number of halogens is 1. The number of hydrazine groups is 1. The van der Waals surface area contributed by atoms with Crippen LogP contribution in [-0.2, 0) is 4.74 Å². The zero-order valence-electron chi connectivity index (χ0n) is 8.41. The van der Waals surface area contributed by atoms with Crippen LogP contribution in [0.4, 0.5) is 0 Å². The van der Waals surface area contributed by atoms with Gasteiger partial charge in [0.15, 0.2) is 0 Å². The Labute approximate surface area is 98.5 Å². The van der Waals surface area contributed by atoms with Gasteiger partial charge in [-0.2, -0.15) is 0 Å². The molecule has 0 aromatic carbocycles. The van der Waals surface area contributed by atoms with Crippen LogP contribution in [0.25, 0.3) is 0 Å². The second-order valence-electron chi connectivity index (χ2n) is 3.73. The summed E-state index contributed by atoms with van der Waals surface area (Å²) in [4.78, 5) is 1.14. The maximum absolute atomic E-state index is 6.12. The number of rotatable bonds is 3. The van der Waals surface area contributed by atoms with Crippen molar-refractivity contribution in [3.63, 3.8) is 0 Å². The Morgan fingerprint density at radius 2 is 2.27 bits per heavy atom. The quantitative estimate of drug-likeness (QED) is 0.636. The Hall–Kier alpha value is -0.130. The summed E-state index contributed by atoms with van der Waals surface area (Å²) in [5.74, 6) is 6.15. The molecule has 0 bridgehead atoms. The molecule has 2 heterocycles. The fourth-order valence-corrected chi connectivity index (χ4v) is 3.33. The lowest BCUT2D eigenvalue weighted by Crippen LogP contribution is -2.35. The molecule has 1 saturated heterocycles. The lowest BCUT2D eigenvalue weighted by atomic mass is 9.91.